The van der Waals surface area contributed by atoms with Crippen molar-refractivity contribution < 1.29 is 19.6 Å². The van der Waals surface area contributed by atoms with Gasteiger partial charge in [0.1, 0.15) is 6.04 Å². The van der Waals surface area contributed by atoms with Crippen LogP contribution in [0, 0.1) is 0 Å². The Morgan fingerprint density at radius 2 is 1.67 bits per heavy atom. The van der Waals surface area contributed by atoms with Gasteiger partial charge in [-0.1, -0.05) is 61.4 Å². The molecule has 1 aromatic heterocycles. The van der Waals surface area contributed by atoms with E-state index in [4.69, 9.17) is 5.21 Å². The van der Waals surface area contributed by atoms with Crippen LogP contribution >= 0.6 is 0 Å². The molecule has 2 aromatic carbocycles. The molecule has 3 rings (SSSR count). The molecule has 1 heterocycles. The van der Waals surface area contributed by atoms with Crippen molar-refractivity contribution in [3.8, 4) is 0 Å². The Kier molecular flexibility index (Phi) is 9.02. The van der Waals surface area contributed by atoms with Crippen LogP contribution in [0.5, 0.6) is 0 Å². The van der Waals surface area contributed by atoms with Crippen molar-refractivity contribution in [3.63, 3.8) is 0 Å². The van der Waals surface area contributed by atoms with E-state index in [1.807, 2.05) is 60.8 Å². The monoisotopic (exact) mass is 450 g/mol. The van der Waals surface area contributed by atoms with Gasteiger partial charge in [0.15, 0.2) is 0 Å². The predicted octanol–water partition coefficient (Wildman–Crippen LogP) is 2.97. The highest BCUT2D eigenvalue weighted by Gasteiger charge is 2.21. The summed E-state index contributed by atoms with van der Waals surface area (Å²) in [5.41, 5.74) is 4.43. The minimum atomic E-state index is -0.668. The molecule has 0 radical (unpaired) electrons. The molecule has 5 N–H and O–H groups in total. The molecule has 8 heteroatoms. The van der Waals surface area contributed by atoms with Crippen molar-refractivity contribution in [1.29, 1.82) is 0 Å². The van der Waals surface area contributed by atoms with E-state index < -0.39 is 11.9 Å². The molecular weight excluding hydrogens is 420 g/mol. The molecule has 0 aliphatic rings. The van der Waals surface area contributed by atoms with Crippen LogP contribution in [0.3, 0.4) is 0 Å². The largest absolute Gasteiger partial charge is 0.361 e. The number of nitrogens with one attached hydrogen (secondary N) is 4. The summed E-state index contributed by atoms with van der Waals surface area (Å²) in [5.74, 6) is -0.891. The minimum Gasteiger partial charge on any atom is -0.361 e. The molecule has 33 heavy (non-hydrogen) atoms. The molecule has 174 valence electrons. The molecule has 3 aromatic rings. The molecule has 0 unspecified atom stereocenters. The standard InChI is InChI=1S/C25H30N4O4/c30-23(29-33)14-6-2-5-13-22(25(32)27-16-18-9-3-1-4-10-18)28-24(31)15-19-17-26-21-12-8-7-11-20(19)21/h1,3-4,7-12,17,22,26,33H,2,5-6,13-16H2,(H,27,32)(H,28,31)(H,29,30)/t22-/m0/s1. The van der Waals surface area contributed by atoms with Gasteiger partial charge in [0.05, 0.1) is 6.42 Å². The van der Waals surface area contributed by atoms with Crippen LogP contribution in [0.25, 0.3) is 10.9 Å². The third kappa shape index (κ3) is 7.47. The fourth-order valence-electron chi connectivity index (χ4n) is 3.74. The number of H-pyrrole nitrogens is 1. The summed E-state index contributed by atoms with van der Waals surface area (Å²) in [6.45, 7) is 0.380. The third-order valence-corrected chi connectivity index (χ3v) is 5.51. The van der Waals surface area contributed by atoms with E-state index in [0.717, 1.165) is 22.0 Å². The topological polar surface area (TPSA) is 123 Å². The number of hydroxylamine groups is 1. The zero-order valence-corrected chi connectivity index (χ0v) is 18.5. The Labute approximate surface area is 192 Å². The first kappa shape index (κ1) is 24.0. The SMILES string of the molecule is O=C(CCCCC[C@H](NC(=O)Cc1c[nH]c2ccccc12)C(=O)NCc1ccccc1)NO. The van der Waals surface area contributed by atoms with Crippen LogP contribution < -0.4 is 16.1 Å². The predicted molar refractivity (Wildman–Crippen MR) is 125 cm³/mol. The second kappa shape index (κ2) is 12.4. The summed E-state index contributed by atoms with van der Waals surface area (Å²) in [4.78, 5) is 39.9. The van der Waals surface area contributed by atoms with E-state index in [9.17, 15) is 14.4 Å². The molecule has 0 fully saturated rings. The van der Waals surface area contributed by atoms with Crippen LogP contribution in [-0.2, 0) is 27.3 Å². The number of carbonyl (C=O) groups excluding carboxylic acids is 3. The zero-order valence-electron chi connectivity index (χ0n) is 18.5. The number of carbonyl (C=O) groups is 3. The molecule has 0 bridgehead atoms. The smallest absolute Gasteiger partial charge is 0.243 e. The van der Waals surface area contributed by atoms with E-state index in [0.29, 0.717) is 32.2 Å². The summed E-state index contributed by atoms with van der Waals surface area (Å²) < 4.78 is 0. The average molecular weight is 451 g/mol. The first-order chi connectivity index (χ1) is 16.1. The van der Waals surface area contributed by atoms with Gasteiger partial charge in [0, 0.05) is 30.1 Å². The fourth-order valence-corrected chi connectivity index (χ4v) is 3.74. The normalized spacial score (nSPS) is 11.7. The molecule has 0 aliphatic heterocycles. The third-order valence-electron chi connectivity index (χ3n) is 5.51. The number of unbranched alkanes of at least 4 members (excludes halogenated alkanes) is 2. The highest BCUT2D eigenvalue weighted by Crippen LogP contribution is 2.18. The summed E-state index contributed by atoms with van der Waals surface area (Å²) >= 11 is 0. The second-order valence-corrected chi connectivity index (χ2v) is 7.99. The van der Waals surface area contributed by atoms with Crippen molar-refractivity contribution in [3.05, 3.63) is 71.9 Å². The maximum Gasteiger partial charge on any atom is 0.243 e. The quantitative estimate of drug-likeness (QED) is 0.165. The van der Waals surface area contributed by atoms with Crippen molar-refractivity contribution in [2.45, 2.75) is 51.1 Å². The highest BCUT2D eigenvalue weighted by atomic mass is 16.5. The van der Waals surface area contributed by atoms with Crippen LogP contribution in [0.15, 0.2) is 60.8 Å². The van der Waals surface area contributed by atoms with Gasteiger partial charge in [-0.3, -0.25) is 19.6 Å². The zero-order chi connectivity index (χ0) is 23.5. The maximum atomic E-state index is 12.9. The summed E-state index contributed by atoms with van der Waals surface area (Å²) in [7, 11) is 0. The Morgan fingerprint density at radius 1 is 0.909 bits per heavy atom. The van der Waals surface area contributed by atoms with E-state index in [-0.39, 0.29) is 24.7 Å². The van der Waals surface area contributed by atoms with Crippen molar-refractivity contribution in [1.82, 2.24) is 21.1 Å². The number of aromatic amines is 1. The van der Waals surface area contributed by atoms with E-state index in [1.54, 1.807) is 5.48 Å². The van der Waals surface area contributed by atoms with Gasteiger partial charge in [0.25, 0.3) is 0 Å². The van der Waals surface area contributed by atoms with Gasteiger partial charge in [-0.2, -0.15) is 0 Å². The number of benzene rings is 2. The van der Waals surface area contributed by atoms with E-state index in [2.05, 4.69) is 15.6 Å². The number of hydrogen-bond acceptors (Lipinski definition) is 4. The fraction of sp³-hybridized carbons (Fsp3) is 0.320. The van der Waals surface area contributed by atoms with Gasteiger partial charge < -0.3 is 15.6 Å². The summed E-state index contributed by atoms with van der Waals surface area (Å²) in [6.07, 6.45) is 4.62. The molecule has 0 aliphatic carbocycles. The van der Waals surface area contributed by atoms with Crippen LogP contribution in [0.1, 0.15) is 43.2 Å². The van der Waals surface area contributed by atoms with Gasteiger partial charge in [-0.05, 0) is 30.0 Å². The van der Waals surface area contributed by atoms with Crippen molar-refractivity contribution in [2.75, 3.05) is 0 Å². The Bertz CT molecular complexity index is 1060. The summed E-state index contributed by atoms with van der Waals surface area (Å²) in [6, 6.07) is 16.7. The van der Waals surface area contributed by atoms with E-state index >= 15 is 0 Å². The Balaban J connectivity index is 1.57. The average Bonchev–Trinajstić information content (AvgIpc) is 3.24. The number of hydrogen-bond donors (Lipinski definition) is 5. The lowest BCUT2D eigenvalue weighted by atomic mass is 10.0. The second-order valence-electron chi connectivity index (χ2n) is 7.99. The van der Waals surface area contributed by atoms with Gasteiger partial charge in [-0.15, -0.1) is 0 Å². The lowest BCUT2D eigenvalue weighted by molar-refractivity contribution is -0.129. The Hall–Kier alpha value is -3.65. The number of para-hydroxylation sites is 1. The lowest BCUT2D eigenvalue weighted by Gasteiger charge is -2.19. The number of amides is 3. The maximum absolute atomic E-state index is 12.9. The van der Waals surface area contributed by atoms with Gasteiger partial charge in [0.2, 0.25) is 17.7 Å². The van der Waals surface area contributed by atoms with E-state index in [1.165, 1.54) is 0 Å². The van der Waals surface area contributed by atoms with Crippen molar-refractivity contribution >= 4 is 28.6 Å². The van der Waals surface area contributed by atoms with Gasteiger partial charge in [-0.25, -0.2) is 5.48 Å². The number of aromatic nitrogens is 1. The van der Waals surface area contributed by atoms with Crippen LogP contribution in [0.4, 0.5) is 0 Å². The minimum absolute atomic E-state index is 0.170. The first-order valence-corrected chi connectivity index (χ1v) is 11.2. The molecule has 1 atom stereocenters. The molecule has 8 nitrogen and oxygen atoms in total. The Morgan fingerprint density at radius 3 is 2.45 bits per heavy atom. The lowest BCUT2D eigenvalue weighted by Crippen LogP contribution is -2.47. The molecule has 0 spiro atoms. The molecule has 3 amide bonds. The molecule has 0 saturated carbocycles. The molecule has 0 saturated heterocycles. The highest BCUT2D eigenvalue weighted by molar-refractivity contribution is 5.91. The summed E-state index contributed by atoms with van der Waals surface area (Å²) in [5, 5.41) is 15.3. The van der Waals surface area contributed by atoms with Crippen molar-refractivity contribution in [2.24, 2.45) is 0 Å². The first-order valence-electron chi connectivity index (χ1n) is 11.2. The number of fused-ring (bicyclic) bond motifs is 1. The molecular formula is C25H30N4O4. The van der Waals surface area contributed by atoms with Gasteiger partial charge >= 0.3 is 0 Å². The number of rotatable bonds is 12. The van der Waals surface area contributed by atoms with Crippen LogP contribution in [0.2, 0.25) is 0 Å². The van der Waals surface area contributed by atoms with Crippen LogP contribution in [-0.4, -0.2) is 34.0 Å².